The first kappa shape index (κ1) is 10.1. The van der Waals surface area contributed by atoms with Gasteiger partial charge in [-0.3, -0.25) is 0 Å². The van der Waals surface area contributed by atoms with Crippen LogP contribution in [0.1, 0.15) is 0 Å². The van der Waals surface area contributed by atoms with E-state index in [0.29, 0.717) is 12.1 Å². The maximum Gasteiger partial charge on any atom is 0.494 e. The first-order valence-corrected chi connectivity index (χ1v) is 3.41. The third-order valence-corrected chi connectivity index (χ3v) is 1.51. The van der Waals surface area contributed by atoms with E-state index in [0.717, 1.165) is 7.11 Å². The molecule has 0 amide bonds. The number of rotatable bonds is 2. The highest BCUT2D eigenvalue weighted by molar-refractivity contribution is 6.60. The van der Waals surface area contributed by atoms with Gasteiger partial charge in [0.05, 0.1) is 0 Å². The van der Waals surface area contributed by atoms with Gasteiger partial charge in [-0.25, -0.2) is 13.2 Å². The molecule has 13 heavy (non-hydrogen) atoms. The van der Waals surface area contributed by atoms with Crippen LogP contribution >= 0.6 is 0 Å². The molecule has 1 N–H and O–H groups in total. The molecule has 0 atom stereocenters. The standard InChI is InChI=1S/C7H6BF3O2/c1-13-8(12)5-2-4(9)3-6(10)7(5)11/h2-3,12H,1H3. The normalized spacial score (nSPS) is 10.2. The largest absolute Gasteiger partial charge is 0.494 e. The van der Waals surface area contributed by atoms with Gasteiger partial charge in [-0.2, -0.15) is 0 Å². The molecule has 0 bridgehead atoms. The molecule has 0 aromatic heterocycles. The second kappa shape index (κ2) is 3.80. The summed E-state index contributed by atoms with van der Waals surface area (Å²) in [4.78, 5) is 0. The van der Waals surface area contributed by atoms with Crippen molar-refractivity contribution >= 4 is 12.6 Å². The van der Waals surface area contributed by atoms with Crippen LogP contribution in [-0.4, -0.2) is 19.3 Å². The molecule has 0 spiro atoms. The summed E-state index contributed by atoms with van der Waals surface area (Å²) < 4.78 is 42.2. The van der Waals surface area contributed by atoms with Crippen molar-refractivity contribution in [3.05, 3.63) is 29.6 Å². The van der Waals surface area contributed by atoms with Gasteiger partial charge in [-0.05, 0) is 6.07 Å². The fourth-order valence-electron chi connectivity index (χ4n) is 0.883. The quantitative estimate of drug-likeness (QED) is 0.541. The summed E-state index contributed by atoms with van der Waals surface area (Å²) >= 11 is 0. The summed E-state index contributed by atoms with van der Waals surface area (Å²) in [6.45, 7) is 0. The van der Waals surface area contributed by atoms with Crippen LogP contribution in [-0.2, 0) is 4.65 Å². The lowest BCUT2D eigenvalue weighted by molar-refractivity contribution is 0.339. The van der Waals surface area contributed by atoms with Crippen LogP contribution in [0.25, 0.3) is 0 Å². The summed E-state index contributed by atoms with van der Waals surface area (Å²) in [6.07, 6.45) is 0. The van der Waals surface area contributed by atoms with Crippen LogP contribution in [0, 0.1) is 17.5 Å². The average molecular weight is 190 g/mol. The molecule has 0 aliphatic carbocycles. The molecule has 0 unspecified atom stereocenters. The maximum atomic E-state index is 12.8. The van der Waals surface area contributed by atoms with Gasteiger partial charge in [0, 0.05) is 18.6 Å². The molecular formula is C7H6BF3O2. The third-order valence-electron chi connectivity index (χ3n) is 1.51. The summed E-state index contributed by atoms with van der Waals surface area (Å²) in [5.41, 5.74) is -0.556. The Bertz CT molecular complexity index is 319. The first-order valence-electron chi connectivity index (χ1n) is 3.41. The van der Waals surface area contributed by atoms with Gasteiger partial charge in [0.25, 0.3) is 0 Å². The Hall–Kier alpha value is -1.01. The molecule has 1 aromatic carbocycles. The minimum Gasteiger partial charge on any atom is -0.423 e. The Labute approximate surface area is 73.1 Å². The topological polar surface area (TPSA) is 29.5 Å². The molecule has 0 aliphatic rings. The van der Waals surface area contributed by atoms with Gasteiger partial charge in [0.1, 0.15) is 5.82 Å². The Kier molecular flexibility index (Phi) is 2.95. The highest BCUT2D eigenvalue weighted by Gasteiger charge is 2.22. The third kappa shape index (κ3) is 2.02. The van der Waals surface area contributed by atoms with E-state index in [1.165, 1.54) is 0 Å². The molecule has 0 heterocycles. The Morgan fingerprint density at radius 3 is 2.46 bits per heavy atom. The minimum absolute atomic E-state index is 0.390. The highest BCUT2D eigenvalue weighted by Crippen LogP contribution is 2.06. The van der Waals surface area contributed by atoms with E-state index in [-0.39, 0.29) is 0 Å². The van der Waals surface area contributed by atoms with Crippen LogP contribution in [0.2, 0.25) is 0 Å². The second-order valence-corrected chi connectivity index (χ2v) is 2.38. The van der Waals surface area contributed by atoms with Crippen LogP contribution in [0.15, 0.2) is 12.1 Å². The molecule has 2 nitrogen and oxygen atoms in total. The molecule has 6 heteroatoms. The van der Waals surface area contributed by atoms with Crippen LogP contribution in [0.5, 0.6) is 0 Å². The average Bonchev–Trinajstić information content (AvgIpc) is 2.10. The van der Waals surface area contributed by atoms with Crippen molar-refractivity contribution in [1.29, 1.82) is 0 Å². The van der Waals surface area contributed by atoms with Crippen molar-refractivity contribution in [3.8, 4) is 0 Å². The highest BCUT2D eigenvalue weighted by atomic mass is 19.2. The molecule has 70 valence electrons. The Morgan fingerprint density at radius 1 is 1.31 bits per heavy atom. The molecule has 1 rings (SSSR count). The van der Waals surface area contributed by atoms with Gasteiger partial charge in [0.15, 0.2) is 11.6 Å². The smallest absolute Gasteiger partial charge is 0.423 e. The summed E-state index contributed by atoms with van der Waals surface area (Å²) in [7, 11) is -0.572. The summed E-state index contributed by atoms with van der Waals surface area (Å²) in [5.74, 6) is -3.63. The fourth-order valence-corrected chi connectivity index (χ4v) is 0.883. The zero-order valence-corrected chi connectivity index (χ0v) is 6.72. The number of hydrogen-bond donors (Lipinski definition) is 1. The van der Waals surface area contributed by atoms with Crippen LogP contribution in [0.3, 0.4) is 0 Å². The van der Waals surface area contributed by atoms with E-state index >= 15 is 0 Å². The lowest BCUT2D eigenvalue weighted by atomic mass is 9.79. The predicted molar refractivity (Wildman–Crippen MR) is 40.9 cm³/mol. The lowest BCUT2D eigenvalue weighted by Crippen LogP contribution is -2.36. The molecule has 0 saturated heterocycles. The van der Waals surface area contributed by atoms with Crippen LogP contribution < -0.4 is 5.46 Å². The van der Waals surface area contributed by atoms with E-state index < -0.39 is 30.0 Å². The molecule has 0 aliphatic heterocycles. The molecule has 0 saturated carbocycles. The monoisotopic (exact) mass is 190 g/mol. The second-order valence-electron chi connectivity index (χ2n) is 2.38. The van der Waals surface area contributed by atoms with Gasteiger partial charge in [-0.15, -0.1) is 0 Å². The number of benzene rings is 1. The Balaban J connectivity index is 3.20. The Morgan fingerprint density at radius 2 is 1.92 bits per heavy atom. The van der Waals surface area contributed by atoms with E-state index in [9.17, 15) is 13.2 Å². The summed E-state index contributed by atoms with van der Waals surface area (Å²) in [6, 6.07) is 1.06. The zero-order chi connectivity index (χ0) is 10.0. The molecule has 0 fully saturated rings. The van der Waals surface area contributed by atoms with Crippen molar-refractivity contribution in [3.63, 3.8) is 0 Å². The predicted octanol–water partition coefficient (Wildman–Crippen LogP) is 0.438. The molecular weight excluding hydrogens is 184 g/mol. The van der Waals surface area contributed by atoms with Gasteiger partial charge in [0.2, 0.25) is 0 Å². The van der Waals surface area contributed by atoms with Gasteiger partial charge >= 0.3 is 7.12 Å². The van der Waals surface area contributed by atoms with Crippen LogP contribution in [0.4, 0.5) is 13.2 Å². The molecule has 1 aromatic rings. The SMILES string of the molecule is COB(O)c1cc(F)cc(F)c1F. The van der Waals surface area contributed by atoms with E-state index in [2.05, 4.69) is 4.65 Å². The lowest BCUT2D eigenvalue weighted by Gasteiger charge is -2.05. The minimum atomic E-state index is -1.66. The van der Waals surface area contributed by atoms with Crippen molar-refractivity contribution in [2.75, 3.05) is 7.11 Å². The number of hydrogen-bond acceptors (Lipinski definition) is 2. The zero-order valence-electron chi connectivity index (χ0n) is 6.72. The van der Waals surface area contributed by atoms with Crippen molar-refractivity contribution < 1.29 is 22.8 Å². The number of halogens is 3. The molecule has 0 radical (unpaired) electrons. The van der Waals surface area contributed by atoms with E-state index in [1.54, 1.807) is 0 Å². The van der Waals surface area contributed by atoms with E-state index in [1.807, 2.05) is 0 Å². The van der Waals surface area contributed by atoms with E-state index in [4.69, 9.17) is 5.02 Å². The summed E-state index contributed by atoms with van der Waals surface area (Å²) in [5, 5.41) is 8.96. The van der Waals surface area contributed by atoms with Crippen molar-refractivity contribution in [2.24, 2.45) is 0 Å². The first-order chi connectivity index (χ1) is 6.06. The van der Waals surface area contributed by atoms with Gasteiger partial charge < -0.3 is 9.68 Å². The van der Waals surface area contributed by atoms with Crippen molar-refractivity contribution in [2.45, 2.75) is 0 Å². The van der Waals surface area contributed by atoms with Gasteiger partial charge in [-0.1, -0.05) is 0 Å². The van der Waals surface area contributed by atoms with Crippen molar-refractivity contribution in [1.82, 2.24) is 0 Å². The maximum absolute atomic E-state index is 12.8. The fraction of sp³-hybridized carbons (Fsp3) is 0.143.